The Morgan fingerprint density at radius 3 is 3.04 bits per heavy atom. The van der Waals surface area contributed by atoms with E-state index in [1.165, 1.54) is 6.08 Å². The third kappa shape index (κ3) is 3.48. The van der Waals surface area contributed by atoms with Crippen molar-refractivity contribution in [3.05, 3.63) is 46.8 Å². The second-order valence-corrected chi connectivity index (χ2v) is 5.69. The van der Waals surface area contributed by atoms with Crippen molar-refractivity contribution in [2.45, 2.75) is 6.54 Å². The van der Waals surface area contributed by atoms with Crippen LogP contribution >= 0.6 is 11.6 Å². The number of halogens is 1. The Morgan fingerprint density at radius 2 is 2.30 bits per heavy atom. The lowest BCUT2D eigenvalue weighted by Gasteiger charge is -2.13. The number of benzene rings is 1. The number of hydrogen-bond donors (Lipinski definition) is 0. The summed E-state index contributed by atoms with van der Waals surface area (Å²) >= 11 is 6.12. The summed E-state index contributed by atoms with van der Waals surface area (Å²) in [7, 11) is 3.58. The van der Waals surface area contributed by atoms with Crippen LogP contribution in [0.3, 0.4) is 0 Å². The first-order valence-corrected chi connectivity index (χ1v) is 7.40. The first kappa shape index (κ1) is 15.4. The SMILES string of the molecule is CN(Cc1cnn(C)c1)C(=O)/C=C/c1cc(Cl)c2c(c1)OCO2. The van der Waals surface area contributed by atoms with E-state index < -0.39 is 0 Å². The molecule has 0 radical (unpaired) electrons. The maximum Gasteiger partial charge on any atom is 0.246 e. The molecular formula is C16H16ClN3O3. The predicted molar refractivity (Wildman–Crippen MR) is 86.3 cm³/mol. The van der Waals surface area contributed by atoms with E-state index in [1.54, 1.807) is 41.0 Å². The van der Waals surface area contributed by atoms with E-state index in [0.717, 1.165) is 11.1 Å². The Hall–Kier alpha value is -2.47. The molecule has 3 rings (SSSR count). The monoisotopic (exact) mass is 333 g/mol. The van der Waals surface area contributed by atoms with Gasteiger partial charge < -0.3 is 14.4 Å². The maximum absolute atomic E-state index is 12.2. The molecule has 0 spiro atoms. The highest BCUT2D eigenvalue weighted by Crippen LogP contribution is 2.40. The number of carbonyl (C=O) groups excluding carboxylic acids is 1. The number of rotatable bonds is 4. The van der Waals surface area contributed by atoms with Gasteiger partial charge >= 0.3 is 0 Å². The molecule has 1 aromatic heterocycles. The van der Waals surface area contributed by atoms with Gasteiger partial charge in [-0.1, -0.05) is 11.6 Å². The molecule has 0 aliphatic carbocycles. The lowest BCUT2D eigenvalue weighted by atomic mass is 10.2. The van der Waals surface area contributed by atoms with E-state index >= 15 is 0 Å². The molecule has 1 amide bonds. The van der Waals surface area contributed by atoms with Gasteiger partial charge in [-0.2, -0.15) is 5.10 Å². The Labute approximate surface area is 138 Å². The van der Waals surface area contributed by atoms with Gasteiger partial charge in [-0.3, -0.25) is 9.48 Å². The molecule has 0 N–H and O–H groups in total. The average Bonchev–Trinajstić information content (AvgIpc) is 3.14. The topological polar surface area (TPSA) is 56.6 Å². The molecule has 0 atom stereocenters. The molecule has 7 heteroatoms. The van der Waals surface area contributed by atoms with Gasteiger partial charge in [0.15, 0.2) is 11.5 Å². The summed E-state index contributed by atoms with van der Waals surface area (Å²) in [4.78, 5) is 13.8. The van der Waals surface area contributed by atoms with Crippen LogP contribution in [-0.4, -0.2) is 34.4 Å². The van der Waals surface area contributed by atoms with Gasteiger partial charge in [0.25, 0.3) is 0 Å². The average molecular weight is 334 g/mol. The highest BCUT2D eigenvalue weighted by atomic mass is 35.5. The van der Waals surface area contributed by atoms with Crippen LogP contribution in [0.1, 0.15) is 11.1 Å². The van der Waals surface area contributed by atoms with Crippen LogP contribution in [0.5, 0.6) is 11.5 Å². The van der Waals surface area contributed by atoms with Crippen molar-refractivity contribution in [1.29, 1.82) is 0 Å². The minimum atomic E-state index is -0.109. The summed E-state index contributed by atoms with van der Waals surface area (Å²) < 4.78 is 12.3. The van der Waals surface area contributed by atoms with Gasteiger partial charge in [0, 0.05) is 38.5 Å². The third-order valence-corrected chi connectivity index (χ3v) is 3.70. The van der Waals surface area contributed by atoms with E-state index in [1.807, 2.05) is 13.2 Å². The summed E-state index contributed by atoms with van der Waals surface area (Å²) in [6.07, 6.45) is 6.83. The van der Waals surface area contributed by atoms with E-state index in [9.17, 15) is 4.79 Å². The molecule has 1 aliphatic rings. The zero-order valence-corrected chi connectivity index (χ0v) is 13.6. The molecule has 0 fully saturated rings. The van der Waals surface area contributed by atoms with Crippen LogP contribution in [0.15, 0.2) is 30.6 Å². The summed E-state index contributed by atoms with van der Waals surface area (Å²) in [6, 6.07) is 3.53. The molecule has 120 valence electrons. The molecule has 0 unspecified atom stereocenters. The number of aromatic nitrogens is 2. The molecule has 1 aliphatic heterocycles. The maximum atomic E-state index is 12.2. The van der Waals surface area contributed by atoms with E-state index in [2.05, 4.69) is 5.10 Å². The fourth-order valence-electron chi connectivity index (χ4n) is 2.28. The molecule has 0 saturated carbocycles. The Morgan fingerprint density at radius 1 is 1.48 bits per heavy atom. The Kier molecular flexibility index (Phi) is 4.25. The standard InChI is InChI=1S/C16H16ClN3O3/c1-19(8-12-7-18-20(2)9-12)15(21)4-3-11-5-13(17)16-14(6-11)22-10-23-16/h3-7,9H,8,10H2,1-2H3/b4-3+. The normalized spacial score (nSPS) is 12.8. The zero-order valence-electron chi connectivity index (χ0n) is 12.8. The number of nitrogens with zero attached hydrogens (tertiary/aromatic N) is 3. The minimum Gasteiger partial charge on any atom is -0.454 e. The van der Waals surface area contributed by atoms with Crippen LogP contribution in [-0.2, 0) is 18.4 Å². The van der Waals surface area contributed by atoms with Crippen molar-refractivity contribution >= 4 is 23.6 Å². The zero-order chi connectivity index (χ0) is 16.4. The molecule has 2 heterocycles. The number of likely N-dealkylation sites (N-methyl/N-ethyl adjacent to an activating group) is 1. The van der Waals surface area contributed by atoms with E-state index in [-0.39, 0.29) is 12.7 Å². The fraction of sp³-hybridized carbons (Fsp3) is 0.250. The highest BCUT2D eigenvalue weighted by Gasteiger charge is 2.17. The van der Waals surface area contributed by atoms with Crippen molar-refractivity contribution in [3.8, 4) is 11.5 Å². The van der Waals surface area contributed by atoms with E-state index in [0.29, 0.717) is 23.1 Å². The third-order valence-electron chi connectivity index (χ3n) is 3.42. The highest BCUT2D eigenvalue weighted by molar-refractivity contribution is 6.32. The van der Waals surface area contributed by atoms with Crippen molar-refractivity contribution in [3.63, 3.8) is 0 Å². The van der Waals surface area contributed by atoms with Crippen LogP contribution in [0.4, 0.5) is 0 Å². The Balaban J connectivity index is 1.67. The lowest BCUT2D eigenvalue weighted by Crippen LogP contribution is -2.23. The van der Waals surface area contributed by atoms with E-state index in [4.69, 9.17) is 21.1 Å². The second-order valence-electron chi connectivity index (χ2n) is 5.29. The number of aryl methyl sites for hydroxylation is 1. The molecule has 2 aromatic rings. The smallest absolute Gasteiger partial charge is 0.246 e. The fourth-order valence-corrected chi connectivity index (χ4v) is 2.56. The summed E-state index contributed by atoms with van der Waals surface area (Å²) in [5, 5.41) is 4.55. The van der Waals surface area contributed by atoms with Crippen molar-refractivity contribution in [1.82, 2.24) is 14.7 Å². The van der Waals surface area contributed by atoms with Gasteiger partial charge in [0.2, 0.25) is 12.7 Å². The van der Waals surface area contributed by atoms with Crippen molar-refractivity contribution < 1.29 is 14.3 Å². The lowest BCUT2D eigenvalue weighted by molar-refractivity contribution is -0.125. The van der Waals surface area contributed by atoms with Gasteiger partial charge in [-0.05, 0) is 23.8 Å². The summed E-state index contributed by atoms with van der Waals surface area (Å²) in [5.41, 5.74) is 1.75. The molecule has 0 bridgehead atoms. The number of carbonyl (C=O) groups is 1. The number of hydrogen-bond acceptors (Lipinski definition) is 4. The summed E-state index contributed by atoms with van der Waals surface area (Å²) in [6.45, 7) is 0.661. The number of fused-ring (bicyclic) bond motifs is 1. The Bertz CT molecular complexity index is 770. The predicted octanol–water partition coefficient (Wildman–Crippen LogP) is 2.47. The van der Waals surface area contributed by atoms with Crippen LogP contribution in [0.2, 0.25) is 5.02 Å². The number of ether oxygens (including phenoxy) is 2. The first-order chi connectivity index (χ1) is 11.0. The number of amides is 1. The van der Waals surface area contributed by atoms with Crippen molar-refractivity contribution in [2.24, 2.45) is 7.05 Å². The second kappa shape index (κ2) is 6.34. The molecule has 23 heavy (non-hydrogen) atoms. The summed E-state index contributed by atoms with van der Waals surface area (Å²) in [5.74, 6) is 1.03. The molecule has 0 saturated heterocycles. The van der Waals surface area contributed by atoms with Crippen LogP contribution in [0, 0.1) is 0 Å². The first-order valence-electron chi connectivity index (χ1n) is 7.03. The minimum absolute atomic E-state index is 0.109. The van der Waals surface area contributed by atoms with Gasteiger partial charge in [0.1, 0.15) is 0 Å². The largest absolute Gasteiger partial charge is 0.454 e. The van der Waals surface area contributed by atoms with Gasteiger partial charge in [-0.15, -0.1) is 0 Å². The molecule has 6 nitrogen and oxygen atoms in total. The van der Waals surface area contributed by atoms with Gasteiger partial charge in [-0.25, -0.2) is 0 Å². The molecule has 1 aromatic carbocycles. The van der Waals surface area contributed by atoms with Crippen LogP contribution < -0.4 is 9.47 Å². The quantitative estimate of drug-likeness (QED) is 0.807. The van der Waals surface area contributed by atoms with Gasteiger partial charge in [0.05, 0.1) is 11.2 Å². The van der Waals surface area contributed by atoms with Crippen molar-refractivity contribution in [2.75, 3.05) is 13.8 Å². The molecular weight excluding hydrogens is 318 g/mol. The van der Waals surface area contributed by atoms with Crippen LogP contribution in [0.25, 0.3) is 6.08 Å².